The van der Waals surface area contributed by atoms with Crippen molar-refractivity contribution < 1.29 is 34.0 Å². The molecule has 0 aromatic heterocycles. The van der Waals surface area contributed by atoms with Crippen molar-refractivity contribution >= 4 is 11.9 Å². The molecule has 3 atom stereocenters. The van der Waals surface area contributed by atoms with Crippen LogP contribution in [0, 0.1) is 11.3 Å². The van der Waals surface area contributed by atoms with Crippen LogP contribution in [0.3, 0.4) is 0 Å². The first-order valence-electron chi connectivity index (χ1n) is 10.1. The molecule has 0 fully saturated rings. The first kappa shape index (κ1) is 26.8. The Morgan fingerprint density at radius 1 is 1.07 bits per heavy atom. The number of aliphatic hydroxyl groups is 1. The molecule has 0 amide bonds. The molecule has 0 radical (unpaired) electrons. The van der Waals surface area contributed by atoms with E-state index in [1.807, 2.05) is 27.7 Å². The number of aliphatic hydroxyl groups excluding tert-OH is 1. The van der Waals surface area contributed by atoms with Gasteiger partial charge in [-0.05, 0) is 44.9 Å². The molecule has 166 valence electrons. The number of carboxylic acid groups (broad SMARTS) is 1. The van der Waals surface area contributed by atoms with Crippen LogP contribution in [0.25, 0.3) is 0 Å². The summed E-state index contributed by atoms with van der Waals surface area (Å²) >= 11 is 0. The van der Waals surface area contributed by atoms with Crippen LogP contribution in [0.4, 0.5) is 0 Å². The molecular weight excluding hydrogens is 364 g/mol. The van der Waals surface area contributed by atoms with Gasteiger partial charge in [0, 0.05) is 12.8 Å². The fourth-order valence-electron chi connectivity index (χ4n) is 2.78. The molecular formula is C21H40O7. The Kier molecular flexibility index (Phi) is 11.9. The lowest BCUT2D eigenvalue weighted by Crippen LogP contribution is -2.38. The van der Waals surface area contributed by atoms with Gasteiger partial charge in [-0.1, -0.05) is 34.1 Å². The molecule has 0 aliphatic carbocycles. The Balaban J connectivity index is 4.77. The van der Waals surface area contributed by atoms with E-state index in [0.717, 1.165) is 0 Å². The predicted octanol–water partition coefficient (Wildman–Crippen LogP) is 3.77. The van der Waals surface area contributed by atoms with E-state index in [-0.39, 0.29) is 37.4 Å². The molecule has 0 bridgehead atoms. The molecule has 0 spiro atoms. The number of carbonyl (C=O) groups is 2. The summed E-state index contributed by atoms with van der Waals surface area (Å²) in [5.41, 5.74) is -0.541. The molecule has 2 N–H and O–H groups in total. The van der Waals surface area contributed by atoms with Gasteiger partial charge in [-0.3, -0.25) is 9.59 Å². The lowest BCUT2D eigenvalue weighted by molar-refractivity contribution is -0.241. The van der Waals surface area contributed by atoms with E-state index in [0.29, 0.717) is 19.3 Å². The standard InChI is InChI=1S/C21H40O7/c1-8-15(9-10-17(23)24)11-18(25)26-14-19(28-21(5,6)7)27-16(13-22)12-20(2,3)4/h15-16,19,22H,8-14H2,1-7H3,(H,23,24). The normalized spacial score (nSPS) is 15.7. The van der Waals surface area contributed by atoms with Crippen molar-refractivity contribution in [3.63, 3.8) is 0 Å². The van der Waals surface area contributed by atoms with Crippen LogP contribution in [0.2, 0.25) is 0 Å². The largest absolute Gasteiger partial charge is 0.481 e. The minimum Gasteiger partial charge on any atom is -0.481 e. The average Bonchev–Trinajstić information content (AvgIpc) is 2.52. The monoisotopic (exact) mass is 404 g/mol. The van der Waals surface area contributed by atoms with Crippen LogP contribution in [0.1, 0.15) is 80.6 Å². The highest BCUT2D eigenvalue weighted by Crippen LogP contribution is 2.24. The summed E-state index contributed by atoms with van der Waals surface area (Å²) in [6.07, 6.45) is 0.769. The average molecular weight is 405 g/mol. The SMILES string of the molecule is CCC(CCC(=O)O)CC(=O)OCC(OC(CO)CC(C)(C)C)OC(C)(C)C. The van der Waals surface area contributed by atoms with Gasteiger partial charge in [0.15, 0.2) is 6.29 Å². The van der Waals surface area contributed by atoms with Crippen molar-refractivity contribution in [2.24, 2.45) is 11.3 Å². The summed E-state index contributed by atoms with van der Waals surface area (Å²) in [6.45, 7) is 13.5. The van der Waals surface area contributed by atoms with Gasteiger partial charge in [-0.15, -0.1) is 0 Å². The molecule has 0 heterocycles. The van der Waals surface area contributed by atoms with Gasteiger partial charge in [0.2, 0.25) is 0 Å². The van der Waals surface area contributed by atoms with Gasteiger partial charge >= 0.3 is 11.9 Å². The van der Waals surface area contributed by atoms with E-state index >= 15 is 0 Å². The zero-order valence-corrected chi connectivity index (χ0v) is 18.6. The van der Waals surface area contributed by atoms with Crippen LogP contribution < -0.4 is 0 Å². The molecule has 7 nitrogen and oxygen atoms in total. The molecule has 0 aromatic rings. The molecule has 0 aliphatic rings. The van der Waals surface area contributed by atoms with Gasteiger partial charge in [0.25, 0.3) is 0 Å². The van der Waals surface area contributed by atoms with E-state index in [1.54, 1.807) is 0 Å². The summed E-state index contributed by atoms with van der Waals surface area (Å²) in [6, 6.07) is 0. The molecule has 0 aliphatic heterocycles. The maximum atomic E-state index is 12.2. The van der Waals surface area contributed by atoms with Crippen LogP contribution in [-0.4, -0.2) is 53.4 Å². The smallest absolute Gasteiger partial charge is 0.306 e. The fraction of sp³-hybridized carbons (Fsp3) is 0.905. The summed E-state index contributed by atoms with van der Waals surface area (Å²) in [4.78, 5) is 22.9. The third-order valence-electron chi connectivity index (χ3n) is 4.05. The lowest BCUT2D eigenvalue weighted by atomic mass is 9.89. The van der Waals surface area contributed by atoms with Crippen molar-refractivity contribution in [2.75, 3.05) is 13.2 Å². The molecule has 7 heteroatoms. The van der Waals surface area contributed by atoms with Crippen LogP contribution in [0.15, 0.2) is 0 Å². The van der Waals surface area contributed by atoms with Crippen molar-refractivity contribution in [3.05, 3.63) is 0 Å². The molecule has 0 rings (SSSR count). The van der Waals surface area contributed by atoms with E-state index < -0.39 is 29.9 Å². The van der Waals surface area contributed by atoms with Crippen molar-refractivity contribution in [3.8, 4) is 0 Å². The summed E-state index contributed by atoms with van der Waals surface area (Å²) in [5, 5.41) is 18.4. The van der Waals surface area contributed by atoms with Crippen LogP contribution in [0.5, 0.6) is 0 Å². The molecule has 28 heavy (non-hydrogen) atoms. The first-order chi connectivity index (χ1) is 12.8. The highest BCUT2D eigenvalue weighted by atomic mass is 16.7. The number of aliphatic carboxylic acids is 1. The minimum absolute atomic E-state index is 0.0300. The number of ether oxygens (including phenoxy) is 3. The van der Waals surface area contributed by atoms with Crippen molar-refractivity contribution in [2.45, 2.75) is 98.6 Å². The van der Waals surface area contributed by atoms with Gasteiger partial charge in [-0.2, -0.15) is 0 Å². The van der Waals surface area contributed by atoms with E-state index in [1.165, 1.54) is 0 Å². The van der Waals surface area contributed by atoms with Crippen LogP contribution in [-0.2, 0) is 23.8 Å². The quantitative estimate of drug-likeness (QED) is 0.356. The van der Waals surface area contributed by atoms with Gasteiger partial charge in [-0.25, -0.2) is 0 Å². The fourth-order valence-corrected chi connectivity index (χ4v) is 2.78. The Labute approximate surface area is 169 Å². The summed E-state index contributed by atoms with van der Waals surface area (Å²) in [7, 11) is 0. The molecule has 3 unspecified atom stereocenters. The van der Waals surface area contributed by atoms with E-state index in [4.69, 9.17) is 19.3 Å². The molecule has 0 saturated heterocycles. The third kappa shape index (κ3) is 14.8. The maximum absolute atomic E-state index is 12.2. The third-order valence-corrected chi connectivity index (χ3v) is 4.05. The Hall–Kier alpha value is -1.18. The second kappa shape index (κ2) is 12.4. The maximum Gasteiger partial charge on any atom is 0.306 e. The highest BCUT2D eigenvalue weighted by Gasteiger charge is 2.27. The Morgan fingerprint density at radius 3 is 2.11 bits per heavy atom. The zero-order chi connectivity index (χ0) is 22.0. The zero-order valence-electron chi connectivity index (χ0n) is 18.6. The minimum atomic E-state index is -0.868. The predicted molar refractivity (Wildman–Crippen MR) is 107 cm³/mol. The number of carboxylic acids is 1. The van der Waals surface area contributed by atoms with Crippen molar-refractivity contribution in [1.82, 2.24) is 0 Å². The second-order valence-electron chi connectivity index (χ2n) is 9.46. The van der Waals surface area contributed by atoms with Crippen LogP contribution >= 0.6 is 0 Å². The highest BCUT2D eigenvalue weighted by molar-refractivity contribution is 5.70. The van der Waals surface area contributed by atoms with Gasteiger partial charge < -0.3 is 24.4 Å². The Morgan fingerprint density at radius 2 is 1.68 bits per heavy atom. The van der Waals surface area contributed by atoms with Gasteiger partial charge in [0.05, 0.1) is 18.3 Å². The number of hydrogen-bond donors (Lipinski definition) is 2. The summed E-state index contributed by atoms with van der Waals surface area (Å²) < 4.78 is 17.1. The van der Waals surface area contributed by atoms with Gasteiger partial charge in [0.1, 0.15) is 6.61 Å². The lowest BCUT2D eigenvalue weighted by Gasteiger charge is -2.32. The number of esters is 1. The van der Waals surface area contributed by atoms with Crippen molar-refractivity contribution in [1.29, 1.82) is 0 Å². The number of rotatable bonds is 13. The number of carbonyl (C=O) groups excluding carboxylic acids is 1. The Bertz CT molecular complexity index is 462. The second-order valence-corrected chi connectivity index (χ2v) is 9.46. The van der Waals surface area contributed by atoms with E-state index in [9.17, 15) is 14.7 Å². The first-order valence-corrected chi connectivity index (χ1v) is 10.1. The van der Waals surface area contributed by atoms with E-state index in [2.05, 4.69) is 20.8 Å². The molecule has 0 saturated carbocycles. The molecule has 0 aromatic carbocycles. The number of hydrogen-bond acceptors (Lipinski definition) is 6. The topological polar surface area (TPSA) is 102 Å². The summed E-state index contributed by atoms with van der Waals surface area (Å²) in [5.74, 6) is -1.30.